The molecule has 2 rings (SSSR count). The van der Waals surface area contributed by atoms with Crippen LogP contribution in [0.15, 0.2) is 18.2 Å². The lowest BCUT2D eigenvalue weighted by Gasteiger charge is -2.25. The molecule has 1 aliphatic rings. The molecule has 2 N–H and O–H groups in total. The molecular weight excluding hydrogens is 268 g/mol. The van der Waals surface area contributed by atoms with Crippen LogP contribution in [-0.4, -0.2) is 40.5 Å². The molecule has 5 nitrogen and oxygen atoms in total. The zero-order valence-electron chi connectivity index (χ0n) is 12.7. The molecule has 0 aromatic heterocycles. The van der Waals surface area contributed by atoms with Crippen molar-refractivity contribution in [3.8, 4) is 0 Å². The highest BCUT2D eigenvalue weighted by atomic mass is 16.4. The summed E-state index contributed by atoms with van der Waals surface area (Å²) in [6, 6.07) is 5.42. The Bertz CT molecular complexity index is 552. The van der Waals surface area contributed by atoms with E-state index in [1.165, 1.54) is 0 Å². The summed E-state index contributed by atoms with van der Waals surface area (Å²) in [5, 5.41) is 12.0. The molecule has 0 saturated heterocycles. The van der Waals surface area contributed by atoms with Crippen LogP contribution in [0.4, 0.5) is 5.69 Å². The number of hydrogen-bond acceptors (Lipinski definition) is 3. The van der Waals surface area contributed by atoms with Crippen molar-refractivity contribution in [2.24, 2.45) is 0 Å². The van der Waals surface area contributed by atoms with Gasteiger partial charge in [-0.05, 0) is 45.2 Å². The average molecular weight is 290 g/mol. The summed E-state index contributed by atoms with van der Waals surface area (Å²) in [7, 11) is 0. The average Bonchev–Trinajstić information content (AvgIpc) is 3.23. The monoisotopic (exact) mass is 290 g/mol. The third-order valence-electron chi connectivity index (χ3n) is 3.85. The second-order valence-electron chi connectivity index (χ2n) is 5.78. The Morgan fingerprint density at radius 2 is 2.05 bits per heavy atom. The molecule has 1 aromatic carbocycles. The van der Waals surface area contributed by atoms with Gasteiger partial charge >= 0.3 is 5.97 Å². The number of rotatable bonds is 6. The SMILES string of the molecule is Cc1ccc(NC(=O)CN(C2CC2)C(C)C(=O)O)c(C)c1. The van der Waals surface area contributed by atoms with E-state index in [1.807, 2.05) is 32.0 Å². The van der Waals surface area contributed by atoms with Crippen LogP contribution in [-0.2, 0) is 9.59 Å². The van der Waals surface area contributed by atoms with E-state index in [4.69, 9.17) is 5.11 Å². The molecule has 1 unspecified atom stereocenters. The minimum atomic E-state index is -0.888. The topological polar surface area (TPSA) is 69.6 Å². The second-order valence-corrected chi connectivity index (χ2v) is 5.78. The van der Waals surface area contributed by atoms with Crippen molar-refractivity contribution >= 4 is 17.6 Å². The molecule has 1 atom stereocenters. The van der Waals surface area contributed by atoms with Crippen molar-refractivity contribution in [1.29, 1.82) is 0 Å². The van der Waals surface area contributed by atoms with Gasteiger partial charge in [-0.2, -0.15) is 0 Å². The smallest absolute Gasteiger partial charge is 0.320 e. The van der Waals surface area contributed by atoms with Gasteiger partial charge in [-0.25, -0.2) is 0 Å². The molecule has 0 heterocycles. The van der Waals surface area contributed by atoms with Crippen LogP contribution >= 0.6 is 0 Å². The summed E-state index contributed by atoms with van der Waals surface area (Å²) in [5.74, 6) is -1.05. The first kappa shape index (κ1) is 15.5. The number of carboxylic acids is 1. The van der Waals surface area contributed by atoms with Gasteiger partial charge in [0.05, 0.1) is 6.54 Å². The number of carbonyl (C=O) groups excluding carboxylic acids is 1. The summed E-state index contributed by atoms with van der Waals surface area (Å²) in [6.45, 7) is 5.69. The molecular formula is C16H22N2O3. The number of carbonyl (C=O) groups is 2. The predicted octanol–water partition coefficient (Wildman–Crippen LogP) is 2.18. The van der Waals surface area contributed by atoms with Gasteiger partial charge in [-0.1, -0.05) is 17.7 Å². The first-order chi connectivity index (χ1) is 9.88. The molecule has 21 heavy (non-hydrogen) atoms. The lowest BCUT2D eigenvalue weighted by Crippen LogP contribution is -2.44. The largest absolute Gasteiger partial charge is 0.480 e. The molecule has 1 fully saturated rings. The lowest BCUT2D eigenvalue weighted by atomic mass is 10.1. The van der Waals surface area contributed by atoms with Crippen molar-refractivity contribution in [1.82, 2.24) is 4.90 Å². The molecule has 0 bridgehead atoms. The fourth-order valence-corrected chi connectivity index (χ4v) is 2.44. The Morgan fingerprint density at radius 1 is 1.38 bits per heavy atom. The molecule has 0 aliphatic heterocycles. The Balaban J connectivity index is 2.00. The molecule has 114 valence electrons. The molecule has 1 aromatic rings. The van der Waals surface area contributed by atoms with Gasteiger partial charge in [-0.3, -0.25) is 14.5 Å². The maximum absolute atomic E-state index is 12.2. The Kier molecular flexibility index (Phi) is 4.63. The fraction of sp³-hybridized carbons (Fsp3) is 0.500. The van der Waals surface area contributed by atoms with Gasteiger partial charge in [0.15, 0.2) is 0 Å². The maximum atomic E-state index is 12.2. The molecule has 1 aliphatic carbocycles. The van der Waals surface area contributed by atoms with E-state index in [2.05, 4.69) is 5.32 Å². The predicted molar refractivity (Wildman–Crippen MR) is 81.4 cm³/mol. The van der Waals surface area contributed by atoms with E-state index in [0.717, 1.165) is 29.7 Å². The number of amides is 1. The minimum absolute atomic E-state index is 0.117. The van der Waals surface area contributed by atoms with E-state index in [9.17, 15) is 9.59 Å². The molecule has 0 spiro atoms. The van der Waals surface area contributed by atoms with Crippen LogP contribution in [0.1, 0.15) is 30.9 Å². The number of aliphatic carboxylic acids is 1. The van der Waals surface area contributed by atoms with Gasteiger partial charge in [0, 0.05) is 11.7 Å². The standard InChI is InChI=1S/C16H22N2O3/c1-10-4-7-14(11(2)8-10)17-15(19)9-18(13-5-6-13)12(3)16(20)21/h4,7-8,12-13H,5-6,9H2,1-3H3,(H,17,19)(H,20,21). The van der Waals surface area contributed by atoms with Gasteiger partial charge in [0.2, 0.25) is 5.91 Å². The third-order valence-corrected chi connectivity index (χ3v) is 3.85. The third kappa shape index (κ3) is 4.04. The van der Waals surface area contributed by atoms with Gasteiger partial charge < -0.3 is 10.4 Å². The summed E-state index contributed by atoms with van der Waals surface area (Å²) in [5.41, 5.74) is 2.93. The summed E-state index contributed by atoms with van der Waals surface area (Å²) >= 11 is 0. The van der Waals surface area contributed by atoms with Crippen LogP contribution < -0.4 is 5.32 Å². The second kappa shape index (κ2) is 6.26. The van der Waals surface area contributed by atoms with Gasteiger partial charge in [-0.15, -0.1) is 0 Å². The van der Waals surface area contributed by atoms with Crippen molar-refractivity contribution in [2.75, 3.05) is 11.9 Å². The fourth-order valence-electron chi connectivity index (χ4n) is 2.44. The van der Waals surface area contributed by atoms with E-state index in [0.29, 0.717) is 0 Å². The number of anilines is 1. The number of nitrogens with one attached hydrogen (secondary N) is 1. The van der Waals surface area contributed by atoms with Crippen molar-refractivity contribution in [3.05, 3.63) is 29.3 Å². The molecule has 5 heteroatoms. The molecule has 1 saturated carbocycles. The quantitative estimate of drug-likeness (QED) is 0.842. The number of aryl methyl sites for hydroxylation is 2. The number of hydrogen-bond donors (Lipinski definition) is 2. The maximum Gasteiger partial charge on any atom is 0.320 e. The zero-order chi connectivity index (χ0) is 15.6. The Morgan fingerprint density at radius 3 is 2.57 bits per heavy atom. The van der Waals surface area contributed by atoms with Crippen LogP contribution in [0, 0.1) is 13.8 Å². The van der Waals surface area contributed by atoms with Crippen LogP contribution in [0.25, 0.3) is 0 Å². The molecule has 1 amide bonds. The van der Waals surface area contributed by atoms with E-state index in [1.54, 1.807) is 11.8 Å². The first-order valence-electron chi connectivity index (χ1n) is 7.24. The zero-order valence-corrected chi connectivity index (χ0v) is 12.7. The van der Waals surface area contributed by atoms with E-state index in [-0.39, 0.29) is 18.5 Å². The van der Waals surface area contributed by atoms with Crippen LogP contribution in [0.5, 0.6) is 0 Å². The van der Waals surface area contributed by atoms with Crippen LogP contribution in [0.3, 0.4) is 0 Å². The van der Waals surface area contributed by atoms with E-state index < -0.39 is 12.0 Å². The first-order valence-corrected chi connectivity index (χ1v) is 7.24. The van der Waals surface area contributed by atoms with Crippen LogP contribution in [0.2, 0.25) is 0 Å². The van der Waals surface area contributed by atoms with Gasteiger partial charge in [0.1, 0.15) is 6.04 Å². The number of benzene rings is 1. The number of nitrogens with zero attached hydrogens (tertiary/aromatic N) is 1. The highest BCUT2D eigenvalue weighted by Crippen LogP contribution is 2.28. The highest BCUT2D eigenvalue weighted by molar-refractivity contribution is 5.93. The normalized spacial score (nSPS) is 15.8. The highest BCUT2D eigenvalue weighted by Gasteiger charge is 2.36. The summed E-state index contributed by atoms with van der Waals surface area (Å²) in [4.78, 5) is 25.1. The minimum Gasteiger partial charge on any atom is -0.480 e. The Labute approximate surface area is 125 Å². The van der Waals surface area contributed by atoms with Gasteiger partial charge in [0.25, 0.3) is 0 Å². The lowest BCUT2D eigenvalue weighted by molar-refractivity contribution is -0.143. The Hall–Kier alpha value is -1.88. The number of carboxylic acid groups (broad SMARTS) is 1. The van der Waals surface area contributed by atoms with Crippen molar-refractivity contribution in [3.63, 3.8) is 0 Å². The van der Waals surface area contributed by atoms with Crippen molar-refractivity contribution in [2.45, 2.75) is 45.7 Å². The summed E-state index contributed by atoms with van der Waals surface area (Å²) in [6.07, 6.45) is 1.93. The van der Waals surface area contributed by atoms with E-state index >= 15 is 0 Å². The summed E-state index contributed by atoms with van der Waals surface area (Å²) < 4.78 is 0. The molecule has 0 radical (unpaired) electrons. The van der Waals surface area contributed by atoms with Crippen molar-refractivity contribution < 1.29 is 14.7 Å².